The molecular weight excluding hydrogens is 408 g/mol. The Labute approximate surface area is 184 Å². The van der Waals surface area contributed by atoms with Gasteiger partial charge < -0.3 is 5.32 Å². The minimum absolute atomic E-state index is 0.0400. The van der Waals surface area contributed by atoms with Crippen LogP contribution in [0.1, 0.15) is 23.1 Å². The van der Waals surface area contributed by atoms with E-state index in [4.69, 9.17) is 0 Å². The van der Waals surface area contributed by atoms with Gasteiger partial charge in [0.05, 0.1) is 5.75 Å². The summed E-state index contributed by atoms with van der Waals surface area (Å²) in [5.74, 6) is 0.953. The largest absolute Gasteiger partial charge is 0.356 e. The van der Waals surface area contributed by atoms with Crippen molar-refractivity contribution in [1.29, 1.82) is 0 Å². The van der Waals surface area contributed by atoms with Gasteiger partial charge in [0, 0.05) is 31.1 Å². The van der Waals surface area contributed by atoms with Crippen LogP contribution in [0.3, 0.4) is 0 Å². The van der Waals surface area contributed by atoms with Crippen molar-refractivity contribution < 1.29 is 9.59 Å². The number of carbonyl (C=O) groups excluding carboxylic acids is 2. The standard InChI is InChI=1S/C24H22N4O2S/c1-17(29)25-14-13-23-26-27-24(28(23)21-9-3-2-4-10-21)31-16-22(30)20-12-11-18-7-5-6-8-19(18)15-20/h2-12,15H,13-14,16H2,1H3,(H,25,29). The van der Waals surface area contributed by atoms with Crippen molar-refractivity contribution in [3.05, 3.63) is 84.2 Å². The zero-order chi connectivity index (χ0) is 21.6. The number of ketones is 1. The lowest BCUT2D eigenvalue weighted by Crippen LogP contribution is -2.23. The van der Waals surface area contributed by atoms with Crippen LogP contribution in [0.4, 0.5) is 0 Å². The van der Waals surface area contributed by atoms with E-state index < -0.39 is 0 Å². The Morgan fingerprint density at radius 1 is 0.935 bits per heavy atom. The molecule has 0 spiro atoms. The number of nitrogens with one attached hydrogen (secondary N) is 1. The Morgan fingerprint density at radius 2 is 1.68 bits per heavy atom. The third-order valence-corrected chi connectivity index (χ3v) is 5.77. The fourth-order valence-corrected chi connectivity index (χ4v) is 4.18. The van der Waals surface area contributed by atoms with E-state index in [-0.39, 0.29) is 17.4 Å². The summed E-state index contributed by atoms with van der Waals surface area (Å²) in [5, 5.41) is 14.2. The van der Waals surface area contributed by atoms with E-state index in [1.165, 1.54) is 18.7 Å². The number of Topliss-reactive ketones (excluding diaryl/α,β-unsaturated/α-hetero) is 1. The van der Waals surface area contributed by atoms with Crippen LogP contribution >= 0.6 is 11.8 Å². The minimum atomic E-state index is -0.0821. The number of benzene rings is 3. The molecule has 156 valence electrons. The first-order chi connectivity index (χ1) is 15.1. The minimum Gasteiger partial charge on any atom is -0.356 e. The van der Waals surface area contributed by atoms with Crippen LogP contribution in [0, 0.1) is 0 Å². The predicted octanol–water partition coefficient (Wildman–Crippen LogP) is 4.07. The molecule has 1 N–H and O–H groups in total. The van der Waals surface area contributed by atoms with Crippen LogP contribution < -0.4 is 5.32 Å². The lowest BCUT2D eigenvalue weighted by atomic mass is 10.1. The molecule has 0 atom stereocenters. The van der Waals surface area contributed by atoms with E-state index in [0.717, 1.165) is 22.3 Å². The van der Waals surface area contributed by atoms with Crippen LogP contribution in [0.25, 0.3) is 16.5 Å². The third-order valence-electron chi connectivity index (χ3n) is 4.84. The van der Waals surface area contributed by atoms with Gasteiger partial charge in [-0.15, -0.1) is 10.2 Å². The molecule has 0 aliphatic rings. The van der Waals surface area contributed by atoms with Gasteiger partial charge >= 0.3 is 0 Å². The first-order valence-electron chi connectivity index (χ1n) is 10.0. The van der Waals surface area contributed by atoms with Crippen molar-refractivity contribution in [2.75, 3.05) is 12.3 Å². The molecule has 0 aliphatic carbocycles. The van der Waals surface area contributed by atoms with E-state index >= 15 is 0 Å². The molecule has 0 saturated heterocycles. The Bertz CT molecular complexity index is 1220. The summed E-state index contributed by atoms with van der Waals surface area (Å²) in [4.78, 5) is 24.0. The number of aromatic nitrogens is 3. The summed E-state index contributed by atoms with van der Waals surface area (Å²) >= 11 is 1.36. The van der Waals surface area contributed by atoms with Crippen LogP contribution in [0.15, 0.2) is 78.0 Å². The molecule has 1 heterocycles. The maximum Gasteiger partial charge on any atom is 0.216 e. The molecule has 7 heteroatoms. The topological polar surface area (TPSA) is 76.9 Å². The Kier molecular flexibility index (Phi) is 6.43. The van der Waals surface area contributed by atoms with Gasteiger partial charge in [0.15, 0.2) is 10.9 Å². The maximum atomic E-state index is 12.8. The van der Waals surface area contributed by atoms with E-state index in [9.17, 15) is 9.59 Å². The van der Waals surface area contributed by atoms with Gasteiger partial charge in [-0.3, -0.25) is 14.2 Å². The molecule has 31 heavy (non-hydrogen) atoms. The van der Waals surface area contributed by atoms with Gasteiger partial charge in [0.25, 0.3) is 0 Å². The second-order valence-electron chi connectivity index (χ2n) is 7.08. The normalized spacial score (nSPS) is 10.9. The predicted molar refractivity (Wildman–Crippen MR) is 123 cm³/mol. The van der Waals surface area contributed by atoms with Gasteiger partial charge in [-0.2, -0.15) is 0 Å². The van der Waals surface area contributed by atoms with Crippen LogP contribution in [0.2, 0.25) is 0 Å². The highest BCUT2D eigenvalue weighted by Crippen LogP contribution is 2.24. The van der Waals surface area contributed by atoms with E-state index in [1.807, 2.05) is 77.4 Å². The molecule has 4 rings (SSSR count). The maximum absolute atomic E-state index is 12.8. The molecule has 0 unspecified atom stereocenters. The van der Waals surface area contributed by atoms with Gasteiger partial charge in [-0.1, -0.05) is 66.4 Å². The SMILES string of the molecule is CC(=O)NCCc1nnc(SCC(=O)c2ccc3ccccc3c2)n1-c1ccccc1. The Hall–Kier alpha value is -3.45. The highest BCUT2D eigenvalue weighted by Gasteiger charge is 2.16. The number of carbonyl (C=O) groups is 2. The zero-order valence-electron chi connectivity index (χ0n) is 17.1. The first kappa shape index (κ1) is 20.8. The number of nitrogens with zero attached hydrogens (tertiary/aromatic N) is 3. The second kappa shape index (κ2) is 9.57. The summed E-state index contributed by atoms with van der Waals surface area (Å²) in [6, 6.07) is 23.5. The molecule has 0 bridgehead atoms. The fraction of sp³-hybridized carbons (Fsp3) is 0.167. The number of thioether (sulfide) groups is 1. The monoisotopic (exact) mass is 430 g/mol. The number of hydrogen-bond donors (Lipinski definition) is 1. The number of amides is 1. The van der Waals surface area contributed by atoms with Gasteiger partial charge in [0.2, 0.25) is 5.91 Å². The van der Waals surface area contributed by atoms with Crippen LogP contribution in [0.5, 0.6) is 0 Å². The average Bonchev–Trinajstić information content (AvgIpc) is 3.20. The number of hydrogen-bond acceptors (Lipinski definition) is 5. The number of rotatable bonds is 8. The quantitative estimate of drug-likeness (QED) is 0.337. The molecule has 0 radical (unpaired) electrons. The molecular formula is C24H22N4O2S. The summed E-state index contributed by atoms with van der Waals surface area (Å²) < 4.78 is 1.94. The smallest absolute Gasteiger partial charge is 0.216 e. The van der Waals surface area contributed by atoms with Gasteiger partial charge in [-0.05, 0) is 29.0 Å². The second-order valence-corrected chi connectivity index (χ2v) is 8.02. The van der Waals surface area contributed by atoms with E-state index in [2.05, 4.69) is 15.5 Å². The Morgan fingerprint density at radius 3 is 2.45 bits per heavy atom. The highest BCUT2D eigenvalue weighted by molar-refractivity contribution is 7.99. The molecule has 3 aromatic carbocycles. The molecule has 0 aliphatic heterocycles. The number of para-hydroxylation sites is 1. The molecule has 4 aromatic rings. The molecule has 1 amide bonds. The van der Waals surface area contributed by atoms with Crippen molar-refractivity contribution >= 4 is 34.2 Å². The zero-order valence-corrected chi connectivity index (χ0v) is 17.9. The van der Waals surface area contributed by atoms with E-state index in [1.54, 1.807) is 0 Å². The summed E-state index contributed by atoms with van der Waals surface area (Å²) in [5.41, 5.74) is 1.61. The molecule has 1 aromatic heterocycles. The lowest BCUT2D eigenvalue weighted by molar-refractivity contribution is -0.118. The highest BCUT2D eigenvalue weighted by atomic mass is 32.2. The Balaban J connectivity index is 1.53. The molecule has 0 fully saturated rings. The van der Waals surface area contributed by atoms with Crippen molar-refractivity contribution in [2.24, 2.45) is 0 Å². The van der Waals surface area contributed by atoms with Crippen molar-refractivity contribution in [2.45, 2.75) is 18.5 Å². The summed E-state index contributed by atoms with van der Waals surface area (Å²) in [6.07, 6.45) is 0.542. The lowest BCUT2D eigenvalue weighted by Gasteiger charge is -2.10. The molecule has 6 nitrogen and oxygen atoms in total. The molecule has 0 saturated carbocycles. The van der Waals surface area contributed by atoms with Crippen LogP contribution in [-0.2, 0) is 11.2 Å². The van der Waals surface area contributed by atoms with Gasteiger partial charge in [-0.25, -0.2) is 0 Å². The average molecular weight is 431 g/mol. The van der Waals surface area contributed by atoms with Crippen molar-refractivity contribution in [1.82, 2.24) is 20.1 Å². The third kappa shape index (κ3) is 5.00. The van der Waals surface area contributed by atoms with Gasteiger partial charge in [0.1, 0.15) is 5.82 Å². The summed E-state index contributed by atoms with van der Waals surface area (Å²) in [7, 11) is 0. The fourth-order valence-electron chi connectivity index (χ4n) is 3.32. The number of fused-ring (bicyclic) bond motifs is 1. The van der Waals surface area contributed by atoms with Crippen molar-refractivity contribution in [3.8, 4) is 5.69 Å². The summed E-state index contributed by atoms with van der Waals surface area (Å²) in [6.45, 7) is 1.96. The first-order valence-corrected chi connectivity index (χ1v) is 11.0. The van der Waals surface area contributed by atoms with Crippen LogP contribution in [-0.4, -0.2) is 38.8 Å². The van der Waals surface area contributed by atoms with Crippen molar-refractivity contribution in [3.63, 3.8) is 0 Å². The van der Waals surface area contributed by atoms with E-state index in [0.29, 0.717) is 23.7 Å².